The van der Waals surface area contributed by atoms with Gasteiger partial charge in [-0.3, -0.25) is 9.52 Å². The van der Waals surface area contributed by atoms with E-state index in [0.29, 0.717) is 34.0 Å². The maximum atomic E-state index is 13.6. The molecule has 0 saturated carbocycles. The fraction of sp³-hybridized carbons (Fsp3) is 0.323. The lowest BCUT2D eigenvalue weighted by Gasteiger charge is -2.35. The van der Waals surface area contributed by atoms with Crippen molar-refractivity contribution in [1.29, 1.82) is 0 Å². The standard InChI is InChI=1S/C31H35ClN6O4S/c1-31(2,20-38-16-7-4-8-17-38)36-30(39)21-10-9-11-23(18-21)43(40,41)37-29-28(33-25-12-5-6-13-26(25)34-29)35-27-19-22(42-3)14-15-24(27)32/h5-6,9-15,18-19H,4,7-8,16-17,20H2,1-3H3,(H,33,35)(H,34,37)(H,36,39). The van der Waals surface area contributed by atoms with E-state index in [9.17, 15) is 13.2 Å². The Hall–Kier alpha value is -3.93. The lowest BCUT2D eigenvalue weighted by molar-refractivity contribution is 0.0878. The molecule has 4 aromatic rings. The topological polar surface area (TPSA) is 126 Å². The van der Waals surface area contributed by atoms with Crippen LogP contribution in [-0.4, -0.2) is 61.5 Å². The zero-order valence-electron chi connectivity index (χ0n) is 24.4. The lowest BCUT2D eigenvalue weighted by atomic mass is 10.0. The molecule has 226 valence electrons. The quantitative estimate of drug-likeness (QED) is 0.202. The number of nitrogens with one attached hydrogen (secondary N) is 3. The molecular formula is C31H35ClN6O4S. The summed E-state index contributed by atoms with van der Waals surface area (Å²) in [5.41, 5.74) is 1.24. The van der Waals surface area contributed by atoms with Crippen LogP contribution in [-0.2, 0) is 10.0 Å². The van der Waals surface area contributed by atoms with Crippen molar-refractivity contribution >= 4 is 55.9 Å². The second kappa shape index (κ2) is 12.7. The average molecular weight is 623 g/mol. The van der Waals surface area contributed by atoms with Crippen LogP contribution in [0.2, 0.25) is 5.02 Å². The molecule has 3 N–H and O–H groups in total. The zero-order chi connectivity index (χ0) is 30.6. The number of para-hydroxylation sites is 2. The summed E-state index contributed by atoms with van der Waals surface area (Å²) in [6.07, 6.45) is 3.54. The molecule has 1 amide bonds. The van der Waals surface area contributed by atoms with Crippen LogP contribution in [0.3, 0.4) is 0 Å². The number of amides is 1. The van der Waals surface area contributed by atoms with Gasteiger partial charge in [0.1, 0.15) is 5.75 Å². The van der Waals surface area contributed by atoms with Crippen molar-refractivity contribution in [3.05, 3.63) is 77.3 Å². The number of methoxy groups -OCH3 is 1. The van der Waals surface area contributed by atoms with Gasteiger partial charge in [-0.1, -0.05) is 36.2 Å². The molecular weight excluding hydrogens is 588 g/mol. The molecule has 5 rings (SSSR count). The molecule has 3 aromatic carbocycles. The normalized spacial score (nSPS) is 14.3. The minimum absolute atomic E-state index is 0.0323. The Kier molecular flexibility index (Phi) is 9.05. The first-order valence-electron chi connectivity index (χ1n) is 14.1. The first-order chi connectivity index (χ1) is 20.5. The van der Waals surface area contributed by atoms with E-state index >= 15 is 0 Å². The van der Waals surface area contributed by atoms with Gasteiger partial charge in [-0.2, -0.15) is 0 Å². The van der Waals surface area contributed by atoms with Gasteiger partial charge in [-0.15, -0.1) is 0 Å². The lowest BCUT2D eigenvalue weighted by Crippen LogP contribution is -2.52. The van der Waals surface area contributed by atoms with E-state index in [-0.39, 0.29) is 28.0 Å². The Bertz CT molecular complexity index is 1740. The summed E-state index contributed by atoms with van der Waals surface area (Å²) in [5.74, 6) is 0.317. The first-order valence-corrected chi connectivity index (χ1v) is 15.9. The molecule has 0 radical (unpaired) electrons. The number of ether oxygens (including phenoxy) is 1. The highest BCUT2D eigenvalue weighted by molar-refractivity contribution is 7.92. The molecule has 12 heteroatoms. The molecule has 43 heavy (non-hydrogen) atoms. The van der Waals surface area contributed by atoms with Crippen molar-refractivity contribution in [2.24, 2.45) is 0 Å². The Morgan fingerprint density at radius 3 is 2.35 bits per heavy atom. The molecule has 1 saturated heterocycles. The van der Waals surface area contributed by atoms with Gasteiger partial charge in [0.15, 0.2) is 11.6 Å². The monoisotopic (exact) mass is 622 g/mol. The molecule has 10 nitrogen and oxygen atoms in total. The number of sulfonamides is 1. The third-order valence-corrected chi connectivity index (χ3v) is 8.82. The molecule has 0 unspecified atom stereocenters. The summed E-state index contributed by atoms with van der Waals surface area (Å²) >= 11 is 6.40. The van der Waals surface area contributed by atoms with Crippen molar-refractivity contribution < 1.29 is 17.9 Å². The predicted molar refractivity (Wildman–Crippen MR) is 170 cm³/mol. The minimum Gasteiger partial charge on any atom is -0.497 e. The summed E-state index contributed by atoms with van der Waals surface area (Å²) in [6, 6.07) is 18.1. The average Bonchev–Trinajstić information content (AvgIpc) is 2.98. The molecule has 0 bridgehead atoms. The van der Waals surface area contributed by atoms with Crippen LogP contribution >= 0.6 is 11.6 Å². The van der Waals surface area contributed by atoms with Gasteiger partial charge < -0.3 is 20.3 Å². The molecule has 1 aromatic heterocycles. The number of carbonyl (C=O) groups is 1. The number of aromatic nitrogens is 2. The Morgan fingerprint density at radius 1 is 0.953 bits per heavy atom. The molecule has 1 aliphatic rings. The summed E-state index contributed by atoms with van der Waals surface area (Å²) in [4.78, 5) is 24.6. The number of rotatable bonds is 10. The van der Waals surface area contributed by atoms with Gasteiger partial charge in [-0.25, -0.2) is 18.4 Å². The maximum absolute atomic E-state index is 13.6. The largest absolute Gasteiger partial charge is 0.497 e. The zero-order valence-corrected chi connectivity index (χ0v) is 25.9. The smallest absolute Gasteiger partial charge is 0.263 e. The van der Waals surface area contributed by atoms with E-state index in [1.54, 1.807) is 48.5 Å². The minimum atomic E-state index is -4.18. The van der Waals surface area contributed by atoms with Crippen molar-refractivity contribution in [1.82, 2.24) is 20.2 Å². The Balaban J connectivity index is 1.41. The number of hydrogen-bond acceptors (Lipinski definition) is 8. The number of piperidine rings is 1. The summed E-state index contributed by atoms with van der Waals surface area (Å²) in [6.45, 7) is 6.69. The van der Waals surface area contributed by atoms with Crippen LogP contribution in [0.1, 0.15) is 43.5 Å². The summed E-state index contributed by atoms with van der Waals surface area (Å²) in [5, 5.41) is 6.54. The number of carbonyl (C=O) groups excluding carboxylic acids is 1. The fourth-order valence-electron chi connectivity index (χ4n) is 5.10. The van der Waals surface area contributed by atoms with Gasteiger partial charge in [0.05, 0.1) is 33.7 Å². The Labute approximate surface area is 256 Å². The van der Waals surface area contributed by atoms with Crippen LogP contribution in [0.4, 0.5) is 17.3 Å². The number of anilines is 3. The summed E-state index contributed by atoms with van der Waals surface area (Å²) in [7, 11) is -2.65. The van der Waals surface area contributed by atoms with E-state index in [0.717, 1.165) is 25.9 Å². The maximum Gasteiger partial charge on any atom is 0.263 e. The molecule has 2 heterocycles. The number of fused-ring (bicyclic) bond motifs is 1. The van der Waals surface area contributed by atoms with Crippen molar-refractivity contribution in [2.45, 2.75) is 43.5 Å². The van der Waals surface area contributed by atoms with Crippen LogP contribution < -0.4 is 20.1 Å². The molecule has 1 fully saturated rings. The van der Waals surface area contributed by atoms with Crippen molar-refractivity contribution in [3.8, 4) is 5.75 Å². The van der Waals surface area contributed by atoms with Crippen molar-refractivity contribution in [3.63, 3.8) is 0 Å². The third kappa shape index (κ3) is 7.54. The van der Waals surface area contributed by atoms with Gasteiger partial charge in [0, 0.05) is 23.7 Å². The molecule has 0 spiro atoms. The van der Waals surface area contributed by atoms with E-state index < -0.39 is 15.6 Å². The second-order valence-corrected chi connectivity index (χ2v) is 13.3. The van der Waals surface area contributed by atoms with Crippen molar-refractivity contribution in [2.75, 3.05) is 36.8 Å². The van der Waals surface area contributed by atoms with Crippen LogP contribution in [0.15, 0.2) is 71.6 Å². The van der Waals surface area contributed by atoms with E-state index in [4.69, 9.17) is 16.3 Å². The van der Waals surface area contributed by atoms with Gasteiger partial charge in [-0.05, 0) is 82.2 Å². The van der Waals surface area contributed by atoms with Crippen LogP contribution in [0, 0.1) is 0 Å². The fourth-order valence-corrected chi connectivity index (χ4v) is 6.32. The number of halogens is 1. The predicted octanol–water partition coefficient (Wildman–Crippen LogP) is 5.83. The first kappa shape index (κ1) is 30.5. The molecule has 1 aliphatic heterocycles. The molecule has 0 atom stereocenters. The van der Waals surface area contributed by atoms with Crippen LogP contribution in [0.25, 0.3) is 11.0 Å². The SMILES string of the molecule is COc1ccc(Cl)c(Nc2nc3ccccc3nc2NS(=O)(=O)c2cccc(C(=O)NC(C)(C)CN3CCCCC3)c2)c1. The number of hydrogen-bond donors (Lipinski definition) is 3. The highest BCUT2D eigenvalue weighted by atomic mass is 35.5. The van der Waals surface area contributed by atoms with E-state index in [2.05, 4.69) is 30.2 Å². The van der Waals surface area contributed by atoms with Gasteiger partial charge >= 0.3 is 0 Å². The summed E-state index contributed by atoms with van der Waals surface area (Å²) < 4.78 is 35.1. The molecule has 0 aliphatic carbocycles. The number of nitrogens with zero attached hydrogens (tertiary/aromatic N) is 3. The Morgan fingerprint density at radius 2 is 1.65 bits per heavy atom. The second-order valence-electron chi connectivity index (χ2n) is 11.2. The van der Waals surface area contributed by atoms with Gasteiger partial charge in [0.2, 0.25) is 0 Å². The van der Waals surface area contributed by atoms with Gasteiger partial charge in [0.25, 0.3) is 15.9 Å². The number of benzene rings is 3. The number of likely N-dealkylation sites (tertiary alicyclic amines) is 1. The van der Waals surface area contributed by atoms with E-state index in [1.807, 2.05) is 19.9 Å². The highest BCUT2D eigenvalue weighted by Crippen LogP contribution is 2.33. The third-order valence-electron chi connectivity index (χ3n) is 7.15. The highest BCUT2D eigenvalue weighted by Gasteiger charge is 2.26. The van der Waals surface area contributed by atoms with E-state index in [1.165, 1.54) is 25.7 Å². The van der Waals surface area contributed by atoms with Crippen LogP contribution in [0.5, 0.6) is 5.75 Å².